The van der Waals surface area contributed by atoms with Crippen LogP contribution in [0.2, 0.25) is 0 Å². The van der Waals surface area contributed by atoms with Crippen LogP contribution in [0.25, 0.3) is 32.4 Å². The van der Waals surface area contributed by atoms with Crippen molar-refractivity contribution < 1.29 is 49.6 Å². The number of esters is 1. The number of phenols is 1. The zero-order chi connectivity index (χ0) is 32.2. The number of benzene rings is 4. The van der Waals surface area contributed by atoms with E-state index in [1.54, 1.807) is 24.3 Å². The van der Waals surface area contributed by atoms with E-state index in [4.69, 9.17) is 14.2 Å². The van der Waals surface area contributed by atoms with Gasteiger partial charge < -0.3 is 49.8 Å². The van der Waals surface area contributed by atoms with Crippen LogP contribution in [0.15, 0.2) is 72.8 Å². The molecule has 11 heteroatoms. The lowest BCUT2D eigenvalue weighted by atomic mass is 9.78. The van der Waals surface area contributed by atoms with Crippen LogP contribution in [0, 0.1) is 5.92 Å². The molecule has 5 aromatic rings. The second kappa shape index (κ2) is 11.6. The molecular weight excluding hydrogens is 594 g/mol. The van der Waals surface area contributed by atoms with Gasteiger partial charge in [0.15, 0.2) is 11.9 Å². The summed E-state index contributed by atoms with van der Waals surface area (Å²) in [6, 6.07) is 22.2. The second-order valence-electron chi connectivity index (χ2n) is 12.3. The first-order valence-corrected chi connectivity index (χ1v) is 15.2. The van der Waals surface area contributed by atoms with Gasteiger partial charge in [-0.1, -0.05) is 42.5 Å². The van der Waals surface area contributed by atoms with Crippen LogP contribution in [0.1, 0.15) is 24.1 Å². The highest BCUT2D eigenvalue weighted by atomic mass is 16.7. The number of ether oxygens (including phenoxy) is 3. The first kappa shape index (κ1) is 30.6. The summed E-state index contributed by atoms with van der Waals surface area (Å²) < 4.78 is 17.9. The van der Waals surface area contributed by atoms with Gasteiger partial charge in [-0.05, 0) is 76.7 Å². The average molecular weight is 630 g/mol. The second-order valence-corrected chi connectivity index (χ2v) is 12.3. The Balaban J connectivity index is 1.23. The monoisotopic (exact) mass is 629 g/mol. The molecule has 0 spiro atoms. The lowest BCUT2D eigenvalue weighted by molar-refractivity contribution is -0.295. The van der Waals surface area contributed by atoms with Crippen molar-refractivity contribution in [1.82, 2.24) is 4.98 Å². The number of hydrogen-bond acceptors (Lipinski definition) is 10. The molecule has 6 atom stereocenters. The molecule has 0 radical (unpaired) electrons. The third-order valence-corrected chi connectivity index (χ3v) is 9.55. The predicted octanol–water partition coefficient (Wildman–Crippen LogP) is 2.79. The summed E-state index contributed by atoms with van der Waals surface area (Å²) in [5.74, 6) is -3.80. The Labute approximate surface area is 263 Å². The quantitative estimate of drug-likeness (QED) is 0.0996. The maximum Gasteiger partial charge on any atom is 0.343 e. The van der Waals surface area contributed by atoms with Crippen LogP contribution in [0.4, 0.5) is 0 Å². The highest BCUT2D eigenvalue weighted by Crippen LogP contribution is 2.48. The number of rotatable bonds is 8. The van der Waals surface area contributed by atoms with Crippen molar-refractivity contribution in [3.05, 3.63) is 84.1 Å². The molecule has 7 N–H and O–H groups in total. The average Bonchev–Trinajstić information content (AvgIpc) is 3.55. The Hall–Kier alpha value is -4.07. The SMILES string of the molecule is O=C(Oc1c(CO)[nH]c2ccc3cc4ccccc4cc3c12)C1OC(O)(CO)C2(O)CCC(C(CO)Cc3ccc(O)cc3)OC12. The number of hydrogen-bond donors (Lipinski definition) is 7. The molecule has 1 aromatic heterocycles. The largest absolute Gasteiger partial charge is 0.508 e. The van der Waals surface area contributed by atoms with Crippen molar-refractivity contribution in [1.29, 1.82) is 0 Å². The summed E-state index contributed by atoms with van der Waals surface area (Å²) in [5.41, 5.74) is -0.458. The van der Waals surface area contributed by atoms with Crippen molar-refractivity contribution in [2.24, 2.45) is 5.92 Å². The molecule has 11 nitrogen and oxygen atoms in total. The maximum atomic E-state index is 13.9. The topological polar surface area (TPSA) is 182 Å². The smallest absolute Gasteiger partial charge is 0.343 e. The molecule has 2 aliphatic heterocycles. The van der Waals surface area contributed by atoms with Crippen LogP contribution >= 0.6 is 0 Å². The van der Waals surface area contributed by atoms with E-state index in [9.17, 15) is 35.4 Å². The van der Waals surface area contributed by atoms with E-state index >= 15 is 0 Å². The number of phenolic OH excluding ortho intramolecular Hbond substituents is 1. The molecule has 2 saturated heterocycles. The van der Waals surface area contributed by atoms with Gasteiger partial charge in [-0.2, -0.15) is 0 Å². The van der Waals surface area contributed by atoms with Crippen LogP contribution in [-0.2, 0) is 27.3 Å². The summed E-state index contributed by atoms with van der Waals surface area (Å²) in [6.07, 6.45) is -3.28. The maximum absolute atomic E-state index is 13.9. The molecule has 240 valence electrons. The molecule has 2 fully saturated rings. The zero-order valence-electron chi connectivity index (χ0n) is 24.8. The van der Waals surface area contributed by atoms with Crippen molar-refractivity contribution in [3.63, 3.8) is 0 Å². The van der Waals surface area contributed by atoms with E-state index in [1.165, 1.54) is 0 Å². The van der Waals surface area contributed by atoms with Gasteiger partial charge in [0.1, 0.15) is 24.1 Å². The molecule has 7 rings (SSSR count). The van der Waals surface area contributed by atoms with E-state index in [2.05, 4.69) is 4.98 Å². The van der Waals surface area contributed by atoms with Gasteiger partial charge in [-0.3, -0.25) is 0 Å². The van der Waals surface area contributed by atoms with E-state index < -0.39 is 54.8 Å². The fraction of sp³-hybridized carbons (Fsp3) is 0.343. The summed E-state index contributed by atoms with van der Waals surface area (Å²) >= 11 is 0. The van der Waals surface area contributed by atoms with E-state index in [0.717, 1.165) is 27.1 Å². The fourth-order valence-corrected chi connectivity index (χ4v) is 7.04. The van der Waals surface area contributed by atoms with Crippen LogP contribution in [0.3, 0.4) is 0 Å². The Bertz CT molecular complexity index is 1920. The van der Waals surface area contributed by atoms with Gasteiger partial charge >= 0.3 is 5.97 Å². The number of carbonyl (C=O) groups excluding carboxylic acids is 1. The highest BCUT2D eigenvalue weighted by molar-refractivity contribution is 6.14. The summed E-state index contributed by atoms with van der Waals surface area (Å²) in [6.45, 7) is -1.75. The van der Waals surface area contributed by atoms with Crippen molar-refractivity contribution in [3.8, 4) is 11.5 Å². The molecule has 6 unspecified atom stereocenters. The first-order valence-electron chi connectivity index (χ1n) is 15.2. The summed E-state index contributed by atoms with van der Waals surface area (Å²) in [7, 11) is 0. The first-order chi connectivity index (χ1) is 22.2. The summed E-state index contributed by atoms with van der Waals surface area (Å²) in [5, 5.41) is 67.4. The van der Waals surface area contributed by atoms with E-state index in [0.29, 0.717) is 17.3 Å². The molecule has 2 aliphatic rings. The van der Waals surface area contributed by atoms with Crippen LogP contribution < -0.4 is 4.74 Å². The lowest BCUT2D eigenvalue weighted by Gasteiger charge is -2.44. The zero-order valence-corrected chi connectivity index (χ0v) is 24.8. The van der Waals surface area contributed by atoms with Gasteiger partial charge in [0.2, 0.25) is 5.79 Å². The standard InChI is InChI=1S/C35H35NO10/c37-16-23(13-19-5-8-24(40)9-6-19)28-11-12-34(42)32(44-28)31(46-35(34,43)18-39)33(41)45-30-27(17-38)36-26-10-7-22-14-20-3-1-2-4-21(20)15-25(22)29(26)30/h1-10,14-15,23,28,31-32,36-40,42-43H,11-13,16-18H2. The number of aliphatic hydroxyl groups is 5. The van der Waals surface area contributed by atoms with Crippen LogP contribution in [-0.4, -0.2) is 84.5 Å². The van der Waals surface area contributed by atoms with Gasteiger partial charge in [0, 0.05) is 12.5 Å². The van der Waals surface area contributed by atoms with Crippen molar-refractivity contribution >= 4 is 38.4 Å². The third kappa shape index (κ3) is 4.92. The number of fused-ring (bicyclic) bond motifs is 5. The molecule has 0 saturated carbocycles. The Kier molecular flexibility index (Phi) is 7.73. The molecule has 0 bridgehead atoms. The predicted molar refractivity (Wildman–Crippen MR) is 167 cm³/mol. The molecule has 0 amide bonds. The number of nitrogens with one attached hydrogen (secondary N) is 1. The minimum Gasteiger partial charge on any atom is -0.508 e. The number of carbonyl (C=O) groups is 1. The van der Waals surface area contributed by atoms with Gasteiger partial charge in [0.05, 0.1) is 29.3 Å². The molecule has 0 aliphatic carbocycles. The van der Waals surface area contributed by atoms with Gasteiger partial charge in [-0.25, -0.2) is 4.79 Å². The summed E-state index contributed by atoms with van der Waals surface area (Å²) in [4.78, 5) is 17.1. The van der Waals surface area contributed by atoms with E-state index in [-0.39, 0.29) is 36.6 Å². The minimum absolute atomic E-state index is 0.0721. The van der Waals surface area contributed by atoms with E-state index in [1.807, 2.05) is 48.5 Å². The number of aromatic hydroxyl groups is 1. The highest BCUT2D eigenvalue weighted by Gasteiger charge is 2.69. The Morgan fingerprint density at radius 2 is 1.72 bits per heavy atom. The third-order valence-electron chi connectivity index (χ3n) is 9.55. The molecular formula is C35H35NO10. The molecule has 4 aromatic carbocycles. The van der Waals surface area contributed by atoms with Gasteiger partial charge in [-0.15, -0.1) is 0 Å². The normalized spacial score (nSPS) is 26.8. The van der Waals surface area contributed by atoms with Crippen LogP contribution in [0.5, 0.6) is 11.5 Å². The number of aliphatic hydroxyl groups excluding tert-OH is 3. The molecule has 3 heterocycles. The fourth-order valence-electron chi connectivity index (χ4n) is 7.04. The van der Waals surface area contributed by atoms with Crippen molar-refractivity contribution in [2.45, 2.75) is 55.6 Å². The minimum atomic E-state index is -2.52. The Morgan fingerprint density at radius 1 is 0.978 bits per heavy atom. The number of aromatic nitrogens is 1. The van der Waals surface area contributed by atoms with Crippen molar-refractivity contribution in [2.75, 3.05) is 13.2 Å². The molecule has 46 heavy (non-hydrogen) atoms. The number of aromatic amines is 1. The van der Waals surface area contributed by atoms with Gasteiger partial charge in [0.25, 0.3) is 0 Å². The lowest BCUT2D eigenvalue weighted by Crippen LogP contribution is -2.63. The number of H-pyrrole nitrogens is 1. The Morgan fingerprint density at radius 3 is 2.41 bits per heavy atom.